The van der Waals surface area contributed by atoms with Crippen molar-refractivity contribution in [3.05, 3.63) is 68.9 Å². The Hall–Kier alpha value is -1.23. The lowest BCUT2D eigenvalue weighted by molar-refractivity contribution is 0.558. The highest BCUT2D eigenvalue weighted by atomic mass is 79.9. The molecule has 0 aromatic heterocycles. The molecule has 19 heavy (non-hydrogen) atoms. The summed E-state index contributed by atoms with van der Waals surface area (Å²) in [6.45, 7) is 3.92. The molecule has 0 aliphatic rings. The second-order valence-corrected chi connectivity index (χ2v) is 5.54. The molecule has 2 rings (SSSR count). The van der Waals surface area contributed by atoms with Crippen molar-refractivity contribution in [3.8, 4) is 0 Å². The first kappa shape index (κ1) is 14.2. The average molecular weight is 323 g/mol. The van der Waals surface area contributed by atoms with E-state index in [2.05, 4.69) is 21.4 Å². The molecule has 0 fully saturated rings. The van der Waals surface area contributed by atoms with E-state index in [-0.39, 0.29) is 11.9 Å². The van der Waals surface area contributed by atoms with Gasteiger partial charge in [-0.25, -0.2) is 9.82 Å². The van der Waals surface area contributed by atoms with Gasteiger partial charge in [0.2, 0.25) is 0 Å². The van der Waals surface area contributed by atoms with Gasteiger partial charge in [-0.2, -0.15) is 0 Å². The molecule has 0 aliphatic heterocycles. The Labute approximate surface area is 120 Å². The lowest BCUT2D eigenvalue weighted by atomic mass is 9.94. The van der Waals surface area contributed by atoms with Crippen LogP contribution in [-0.4, -0.2) is 0 Å². The lowest BCUT2D eigenvalue weighted by Crippen LogP contribution is -2.30. The fourth-order valence-corrected chi connectivity index (χ4v) is 2.53. The van der Waals surface area contributed by atoms with Crippen LogP contribution in [0, 0.1) is 19.7 Å². The van der Waals surface area contributed by atoms with E-state index in [0.29, 0.717) is 5.56 Å². The molecule has 0 spiro atoms. The van der Waals surface area contributed by atoms with Crippen LogP contribution in [0.15, 0.2) is 40.9 Å². The van der Waals surface area contributed by atoms with Crippen LogP contribution in [0.25, 0.3) is 0 Å². The molecule has 4 heteroatoms. The highest BCUT2D eigenvalue weighted by Gasteiger charge is 2.18. The third kappa shape index (κ3) is 3.03. The SMILES string of the molecule is Cc1ccc(F)c(C(NN)c2cc(Br)ccc2C)c1. The Morgan fingerprint density at radius 3 is 2.53 bits per heavy atom. The summed E-state index contributed by atoms with van der Waals surface area (Å²) in [4.78, 5) is 0. The Morgan fingerprint density at radius 2 is 1.84 bits per heavy atom. The summed E-state index contributed by atoms with van der Waals surface area (Å²) in [5, 5.41) is 0. The van der Waals surface area contributed by atoms with Gasteiger partial charge in [0.25, 0.3) is 0 Å². The van der Waals surface area contributed by atoms with Crippen molar-refractivity contribution in [2.45, 2.75) is 19.9 Å². The molecule has 3 N–H and O–H groups in total. The van der Waals surface area contributed by atoms with Gasteiger partial charge in [0.15, 0.2) is 0 Å². The van der Waals surface area contributed by atoms with E-state index < -0.39 is 0 Å². The maximum atomic E-state index is 14.0. The monoisotopic (exact) mass is 322 g/mol. The smallest absolute Gasteiger partial charge is 0.128 e. The minimum Gasteiger partial charge on any atom is -0.271 e. The Kier molecular flexibility index (Phi) is 4.34. The zero-order valence-corrected chi connectivity index (χ0v) is 12.5. The van der Waals surface area contributed by atoms with Gasteiger partial charge in [-0.15, -0.1) is 0 Å². The van der Waals surface area contributed by atoms with Crippen molar-refractivity contribution in [1.29, 1.82) is 0 Å². The molecule has 0 amide bonds. The van der Waals surface area contributed by atoms with Crippen LogP contribution in [0.4, 0.5) is 4.39 Å². The van der Waals surface area contributed by atoms with Gasteiger partial charge in [-0.3, -0.25) is 5.84 Å². The van der Waals surface area contributed by atoms with Crippen LogP contribution < -0.4 is 11.3 Å². The van der Waals surface area contributed by atoms with E-state index in [9.17, 15) is 4.39 Å². The van der Waals surface area contributed by atoms with Crippen molar-refractivity contribution in [2.75, 3.05) is 0 Å². The number of nitrogens with two attached hydrogens (primary N) is 1. The predicted molar refractivity (Wildman–Crippen MR) is 79.2 cm³/mol. The molecule has 2 aromatic rings. The number of hydrogen-bond acceptors (Lipinski definition) is 2. The zero-order chi connectivity index (χ0) is 14.0. The molecule has 2 aromatic carbocycles. The topological polar surface area (TPSA) is 38.0 Å². The van der Waals surface area contributed by atoms with Gasteiger partial charge >= 0.3 is 0 Å². The van der Waals surface area contributed by atoms with Crippen LogP contribution >= 0.6 is 15.9 Å². The number of aryl methyl sites for hydroxylation is 2. The van der Waals surface area contributed by atoms with Crippen molar-refractivity contribution in [2.24, 2.45) is 5.84 Å². The number of hydrazine groups is 1. The van der Waals surface area contributed by atoms with Crippen LogP contribution in [0.5, 0.6) is 0 Å². The molecule has 0 aliphatic carbocycles. The van der Waals surface area contributed by atoms with E-state index in [1.165, 1.54) is 6.07 Å². The average Bonchev–Trinajstić information content (AvgIpc) is 2.38. The van der Waals surface area contributed by atoms with Crippen molar-refractivity contribution >= 4 is 15.9 Å². The fourth-order valence-electron chi connectivity index (χ4n) is 2.15. The van der Waals surface area contributed by atoms with Gasteiger partial charge in [-0.05, 0) is 43.2 Å². The second kappa shape index (κ2) is 5.82. The van der Waals surface area contributed by atoms with Crippen molar-refractivity contribution < 1.29 is 4.39 Å². The minimum atomic E-state index is -0.364. The number of benzene rings is 2. The Morgan fingerprint density at radius 1 is 1.11 bits per heavy atom. The molecule has 0 radical (unpaired) electrons. The first-order chi connectivity index (χ1) is 9.02. The summed E-state index contributed by atoms with van der Waals surface area (Å²) in [5.41, 5.74) is 6.29. The van der Waals surface area contributed by atoms with Gasteiger partial charge in [0, 0.05) is 10.0 Å². The van der Waals surface area contributed by atoms with E-state index in [0.717, 1.165) is 21.2 Å². The van der Waals surface area contributed by atoms with Gasteiger partial charge in [0.05, 0.1) is 6.04 Å². The fraction of sp³-hybridized carbons (Fsp3) is 0.200. The molecule has 1 atom stereocenters. The first-order valence-electron chi connectivity index (χ1n) is 6.01. The Balaban J connectivity index is 2.55. The first-order valence-corrected chi connectivity index (χ1v) is 6.80. The molecular weight excluding hydrogens is 307 g/mol. The molecule has 0 saturated heterocycles. The summed E-state index contributed by atoms with van der Waals surface area (Å²) >= 11 is 3.44. The standard InChI is InChI=1S/C15H16BrFN2/c1-9-3-6-14(17)13(7-9)15(19-18)12-8-11(16)5-4-10(12)2/h3-8,15,19H,18H2,1-2H3. The van der Waals surface area contributed by atoms with E-state index in [4.69, 9.17) is 5.84 Å². The van der Waals surface area contributed by atoms with Crippen LogP contribution in [-0.2, 0) is 0 Å². The molecular formula is C15H16BrFN2. The predicted octanol–water partition coefficient (Wildman–Crippen LogP) is 3.76. The number of rotatable bonds is 3. The highest BCUT2D eigenvalue weighted by molar-refractivity contribution is 9.10. The maximum Gasteiger partial charge on any atom is 0.128 e. The summed E-state index contributed by atoms with van der Waals surface area (Å²) in [6, 6.07) is 10.6. The summed E-state index contributed by atoms with van der Waals surface area (Å²) < 4.78 is 15.0. The lowest BCUT2D eigenvalue weighted by Gasteiger charge is -2.20. The summed E-state index contributed by atoms with van der Waals surface area (Å²) in [6.07, 6.45) is 0. The minimum absolute atomic E-state index is 0.257. The van der Waals surface area contributed by atoms with Crippen LogP contribution in [0.2, 0.25) is 0 Å². The molecule has 2 nitrogen and oxygen atoms in total. The summed E-state index contributed by atoms with van der Waals surface area (Å²) in [7, 11) is 0. The van der Waals surface area contributed by atoms with E-state index in [1.807, 2.05) is 38.1 Å². The van der Waals surface area contributed by atoms with Crippen LogP contribution in [0.1, 0.15) is 28.3 Å². The molecule has 0 bridgehead atoms. The third-order valence-corrected chi connectivity index (χ3v) is 3.67. The van der Waals surface area contributed by atoms with Gasteiger partial charge in [0.1, 0.15) is 5.82 Å². The zero-order valence-electron chi connectivity index (χ0n) is 10.9. The normalized spacial score (nSPS) is 12.5. The van der Waals surface area contributed by atoms with Crippen molar-refractivity contribution in [1.82, 2.24) is 5.43 Å². The molecule has 100 valence electrons. The quantitative estimate of drug-likeness (QED) is 0.667. The number of nitrogens with one attached hydrogen (secondary N) is 1. The van der Waals surface area contributed by atoms with E-state index >= 15 is 0 Å². The third-order valence-electron chi connectivity index (χ3n) is 3.18. The van der Waals surface area contributed by atoms with E-state index in [1.54, 1.807) is 6.07 Å². The molecule has 0 heterocycles. The Bertz CT molecular complexity index is 547. The molecule has 1 unspecified atom stereocenters. The van der Waals surface area contributed by atoms with Crippen molar-refractivity contribution in [3.63, 3.8) is 0 Å². The number of hydrogen-bond donors (Lipinski definition) is 2. The number of halogens is 2. The second-order valence-electron chi connectivity index (χ2n) is 4.63. The van der Waals surface area contributed by atoms with Gasteiger partial charge < -0.3 is 0 Å². The maximum absolute atomic E-state index is 14.0. The highest BCUT2D eigenvalue weighted by Crippen LogP contribution is 2.29. The van der Waals surface area contributed by atoms with Crippen LogP contribution in [0.3, 0.4) is 0 Å². The van der Waals surface area contributed by atoms with Gasteiger partial charge in [-0.1, -0.05) is 39.7 Å². The molecule has 0 saturated carbocycles. The summed E-state index contributed by atoms with van der Waals surface area (Å²) in [5.74, 6) is 5.39. The largest absolute Gasteiger partial charge is 0.271 e.